The van der Waals surface area contributed by atoms with Gasteiger partial charge in [0.1, 0.15) is 5.82 Å². The van der Waals surface area contributed by atoms with Crippen molar-refractivity contribution in [1.29, 1.82) is 0 Å². The van der Waals surface area contributed by atoms with E-state index in [1.807, 2.05) is 44.4 Å². The summed E-state index contributed by atoms with van der Waals surface area (Å²) in [6.07, 6.45) is 8.08. The molecule has 3 aromatic rings. The van der Waals surface area contributed by atoms with Gasteiger partial charge in [-0.3, -0.25) is 9.97 Å². The van der Waals surface area contributed by atoms with E-state index in [-0.39, 0.29) is 13.2 Å². The lowest BCUT2D eigenvalue weighted by Crippen LogP contribution is -2.44. The molecule has 1 aliphatic heterocycles. The zero-order chi connectivity index (χ0) is 24.6. The minimum atomic E-state index is -3.41. The second kappa shape index (κ2) is 11.9. The largest absolute Gasteiger partial charge is 0.395 e. The predicted octanol–water partition coefficient (Wildman–Crippen LogP) is 2.81. The van der Waals surface area contributed by atoms with E-state index in [2.05, 4.69) is 31.5 Å². The summed E-state index contributed by atoms with van der Waals surface area (Å²) < 4.78 is 27.1. The molecule has 2 aromatic heterocycles. The van der Waals surface area contributed by atoms with Crippen LogP contribution < -0.4 is 14.9 Å². The molecule has 0 bridgehead atoms. The molecular weight excluding hydrogens is 452 g/mol. The first-order chi connectivity index (χ1) is 16.4. The molecule has 182 valence electrons. The lowest BCUT2D eigenvalue weighted by atomic mass is 10.1. The summed E-state index contributed by atoms with van der Waals surface area (Å²) in [5.74, 6) is 0.742. The molecule has 9 nitrogen and oxygen atoms in total. The van der Waals surface area contributed by atoms with Crippen LogP contribution in [0.5, 0.6) is 0 Å². The van der Waals surface area contributed by atoms with Crippen LogP contribution in [0.25, 0.3) is 22.2 Å². The van der Waals surface area contributed by atoms with Crippen LogP contribution in [0.1, 0.15) is 19.8 Å². The number of nitrogens with one attached hydrogen (secondary N) is 2. The van der Waals surface area contributed by atoms with Gasteiger partial charge in [0.05, 0.1) is 34.8 Å². The van der Waals surface area contributed by atoms with Crippen molar-refractivity contribution in [1.82, 2.24) is 19.7 Å². The first kappa shape index (κ1) is 25.5. The van der Waals surface area contributed by atoms with Crippen molar-refractivity contribution in [3.8, 4) is 11.1 Å². The summed E-state index contributed by atoms with van der Waals surface area (Å²) in [6.45, 7) is 6.26. The molecule has 1 saturated heterocycles. The van der Waals surface area contributed by atoms with E-state index in [0.717, 1.165) is 33.7 Å². The highest BCUT2D eigenvalue weighted by molar-refractivity contribution is 7.90. The summed E-state index contributed by atoms with van der Waals surface area (Å²) in [6, 6.07) is 7.97. The van der Waals surface area contributed by atoms with Crippen LogP contribution in [-0.4, -0.2) is 67.0 Å². The Morgan fingerprint density at radius 3 is 2.56 bits per heavy atom. The van der Waals surface area contributed by atoms with Crippen LogP contribution in [0.3, 0.4) is 0 Å². The van der Waals surface area contributed by atoms with Gasteiger partial charge in [-0.25, -0.2) is 18.1 Å². The van der Waals surface area contributed by atoms with Crippen LogP contribution in [0.15, 0.2) is 55.5 Å². The number of benzene rings is 1. The Kier molecular flexibility index (Phi) is 8.91. The smallest absolute Gasteiger partial charge is 0.214 e. The highest BCUT2D eigenvalue weighted by Gasteiger charge is 2.30. The highest BCUT2D eigenvalue weighted by Crippen LogP contribution is 2.27. The van der Waals surface area contributed by atoms with Crippen molar-refractivity contribution < 1.29 is 13.5 Å². The second-order valence-corrected chi connectivity index (χ2v) is 9.95. The molecule has 1 fully saturated rings. The molecule has 1 aliphatic rings. The van der Waals surface area contributed by atoms with E-state index < -0.39 is 15.3 Å². The fourth-order valence-corrected chi connectivity index (χ4v) is 5.21. The summed E-state index contributed by atoms with van der Waals surface area (Å²) in [5.41, 5.74) is 4.51. The van der Waals surface area contributed by atoms with Crippen LogP contribution >= 0.6 is 0 Å². The molecule has 0 atom stereocenters. The van der Waals surface area contributed by atoms with Gasteiger partial charge in [0, 0.05) is 44.6 Å². The van der Waals surface area contributed by atoms with Crippen molar-refractivity contribution in [3.05, 3.63) is 55.5 Å². The molecule has 3 heterocycles. The third-order valence-corrected chi connectivity index (χ3v) is 7.47. The SMILES string of the molecule is C=CC.CNc1cncc(-c2ccc3ncc(N4CCC(S(=O)(=O)NCCO)CC4)nc3c2)c1. The van der Waals surface area contributed by atoms with Crippen molar-refractivity contribution in [3.63, 3.8) is 0 Å². The number of aromatic nitrogens is 3. The van der Waals surface area contributed by atoms with E-state index in [1.54, 1.807) is 18.5 Å². The van der Waals surface area contributed by atoms with Gasteiger partial charge in [-0.05, 0) is 43.5 Å². The van der Waals surface area contributed by atoms with Gasteiger partial charge in [0.25, 0.3) is 0 Å². The molecule has 3 N–H and O–H groups in total. The Morgan fingerprint density at radius 1 is 1.15 bits per heavy atom. The minimum Gasteiger partial charge on any atom is -0.395 e. The average molecular weight is 485 g/mol. The Morgan fingerprint density at radius 2 is 1.88 bits per heavy atom. The Bertz CT molecular complexity index is 1210. The number of anilines is 2. The number of sulfonamides is 1. The van der Waals surface area contributed by atoms with Gasteiger partial charge in [-0.15, -0.1) is 6.58 Å². The third-order valence-electron chi connectivity index (χ3n) is 5.51. The van der Waals surface area contributed by atoms with Crippen LogP contribution in [-0.2, 0) is 10.0 Å². The van der Waals surface area contributed by atoms with E-state index in [0.29, 0.717) is 25.9 Å². The summed E-state index contributed by atoms with van der Waals surface area (Å²) >= 11 is 0. The minimum absolute atomic E-state index is 0.0494. The van der Waals surface area contributed by atoms with Crippen molar-refractivity contribution in [2.75, 3.05) is 43.5 Å². The Hall–Kier alpha value is -3.08. The molecule has 0 aliphatic carbocycles. The Balaban J connectivity index is 0.00000103. The molecule has 34 heavy (non-hydrogen) atoms. The Labute approximate surface area is 201 Å². The summed E-state index contributed by atoms with van der Waals surface area (Å²) in [4.78, 5) is 15.7. The van der Waals surface area contributed by atoms with Crippen LogP contribution in [0.2, 0.25) is 0 Å². The summed E-state index contributed by atoms with van der Waals surface area (Å²) in [5, 5.41) is 11.5. The molecule has 0 saturated carbocycles. The number of aliphatic hydroxyl groups is 1. The predicted molar refractivity (Wildman–Crippen MR) is 137 cm³/mol. The molecule has 4 rings (SSSR count). The summed E-state index contributed by atoms with van der Waals surface area (Å²) in [7, 11) is -1.55. The second-order valence-electron chi connectivity index (χ2n) is 7.90. The molecular formula is C24H32N6O3S. The number of hydrogen-bond donors (Lipinski definition) is 3. The molecule has 1 aromatic carbocycles. The molecule has 0 unspecified atom stereocenters. The van der Waals surface area contributed by atoms with Crippen molar-refractivity contribution >= 4 is 32.6 Å². The zero-order valence-corrected chi connectivity index (χ0v) is 20.4. The van der Waals surface area contributed by atoms with Gasteiger partial charge >= 0.3 is 0 Å². The molecule has 10 heteroatoms. The van der Waals surface area contributed by atoms with Crippen LogP contribution in [0.4, 0.5) is 11.5 Å². The molecule has 0 radical (unpaired) electrons. The number of allylic oxidation sites excluding steroid dienone is 1. The third kappa shape index (κ3) is 6.28. The van der Waals surface area contributed by atoms with E-state index in [4.69, 9.17) is 10.1 Å². The number of hydrogen-bond acceptors (Lipinski definition) is 8. The number of piperidine rings is 1. The zero-order valence-electron chi connectivity index (χ0n) is 19.6. The number of nitrogens with zero attached hydrogens (tertiary/aromatic N) is 4. The first-order valence-corrected chi connectivity index (χ1v) is 12.8. The van der Waals surface area contributed by atoms with Crippen molar-refractivity contribution in [2.24, 2.45) is 0 Å². The molecule has 0 amide bonds. The number of pyridine rings is 1. The molecule has 0 spiro atoms. The van der Waals surface area contributed by atoms with E-state index in [1.165, 1.54) is 0 Å². The van der Waals surface area contributed by atoms with E-state index in [9.17, 15) is 8.42 Å². The fourth-order valence-electron chi connectivity index (χ4n) is 3.77. The van der Waals surface area contributed by atoms with Gasteiger partial charge in [0.15, 0.2) is 0 Å². The monoisotopic (exact) mass is 484 g/mol. The topological polar surface area (TPSA) is 120 Å². The van der Waals surface area contributed by atoms with Gasteiger partial charge in [-0.1, -0.05) is 12.1 Å². The highest BCUT2D eigenvalue weighted by atomic mass is 32.2. The number of rotatable bonds is 7. The van der Waals surface area contributed by atoms with Gasteiger partial charge in [0.2, 0.25) is 10.0 Å². The number of aliphatic hydroxyl groups excluding tert-OH is 1. The van der Waals surface area contributed by atoms with Crippen molar-refractivity contribution in [2.45, 2.75) is 25.0 Å². The lowest BCUT2D eigenvalue weighted by Gasteiger charge is -2.32. The quantitative estimate of drug-likeness (QED) is 0.438. The first-order valence-electron chi connectivity index (χ1n) is 11.2. The van der Waals surface area contributed by atoms with E-state index >= 15 is 0 Å². The standard InChI is InChI=1S/C21H26N6O3S.C3H6/c1-22-17-10-16(12-23-13-17)15-2-3-19-20(11-15)26-21(14-24-19)27-7-4-18(5-8-27)31(29,30)25-6-9-28;1-3-2/h2-3,10-14,18,22,25,28H,4-9H2,1H3;3H,1H2,2H3. The van der Waals surface area contributed by atoms with Gasteiger partial charge < -0.3 is 15.3 Å². The fraction of sp³-hybridized carbons (Fsp3) is 0.375. The van der Waals surface area contributed by atoms with Gasteiger partial charge in [-0.2, -0.15) is 0 Å². The maximum atomic E-state index is 12.3. The maximum absolute atomic E-state index is 12.3. The number of fused-ring (bicyclic) bond motifs is 1. The average Bonchev–Trinajstić information content (AvgIpc) is 2.87. The van der Waals surface area contributed by atoms with Crippen LogP contribution in [0, 0.1) is 0 Å². The normalized spacial score (nSPS) is 14.4. The maximum Gasteiger partial charge on any atom is 0.214 e. The lowest BCUT2D eigenvalue weighted by molar-refractivity contribution is 0.300.